The minimum atomic E-state index is -0.197. The quantitative estimate of drug-likeness (QED) is 0.776. The van der Waals surface area contributed by atoms with Crippen molar-refractivity contribution in [3.05, 3.63) is 42.5 Å². The van der Waals surface area contributed by atoms with E-state index < -0.39 is 0 Å². The Hall–Kier alpha value is -3.06. The van der Waals surface area contributed by atoms with Crippen LogP contribution in [0.5, 0.6) is 11.5 Å². The highest BCUT2D eigenvalue weighted by Crippen LogP contribution is 2.33. The van der Waals surface area contributed by atoms with Crippen LogP contribution in [-0.4, -0.2) is 57.2 Å². The average Bonchev–Trinajstić information content (AvgIpc) is 2.78. The van der Waals surface area contributed by atoms with Gasteiger partial charge >= 0.3 is 0 Å². The summed E-state index contributed by atoms with van der Waals surface area (Å²) in [6.45, 7) is 2.28. The third-order valence-electron chi connectivity index (χ3n) is 4.81. The number of anilines is 1. The molecule has 1 N–H and O–H groups in total. The molecule has 0 aromatic heterocycles. The number of methoxy groups -OCH3 is 2. The Kier molecular flexibility index (Phi) is 7.08. The number of benzene rings is 2. The third-order valence-corrected chi connectivity index (χ3v) is 4.81. The zero-order valence-electron chi connectivity index (χ0n) is 16.8. The fourth-order valence-corrected chi connectivity index (χ4v) is 3.20. The van der Waals surface area contributed by atoms with Crippen molar-refractivity contribution in [1.29, 1.82) is 0 Å². The maximum absolute atomic E-state index is 12.3. The van der Waals surface area contributed by atoms with Gasteiger partial charge in [0, 0.05) is 37.2 Å². The van der Waals surface area contributed by atoms with Gasteiger partial charge in [-0.15, -0.1) is 0 Å². The molecule has 0 saturated carbocycles. The van der Waals surface area contributed by atoms with Crippen molar-refractivity contribution in [2.75, 3.05) is 45.8 Å². The molecule has 3 rings (SSSR count). The van der Waals surface area contributed by atoms with Crippen molar-refractivity contribution in [2.45, 2.75) is 12.8 Å². The van der Waals surface area contributed by atoms with Crippen LogP contribution < -0.4 is 14.8 Å². The molecule has 2 aromatic rings. The SMILES string of the molecule is COc1ccc(-c2cc(NC(=O)CCC(=O)N3CCOCC3)ccc2OC)cc1. The molecule has 7 heteroatoms. The normalized spacial score (nSPS) is 13.7. The second-order valence-electron chi connectivity index (χ2n) is 6.68. The van der Waals surface area contributed by atoms with Gasteiger partial charge in [-0.2, -0.15) is 0 Å². The van der Waals surface area contributed by atoms with Crippen LogP contribution in [0, 0.1) is 0 Å². The van der Waals surface area contributed by atoms with Crippen molar-refractivity contribution < 1.29 is 23.8 Å². The zero-order valence-corrected chi connectivity index (χ0v) is 16.8. The van der Waals surface area contributed by atoms with Crippen molar-refractivity contribution in [3.8, 4) is 22.6 Å². The van der Waals surface area contributed by atoms with Crippen LogP contribution in [0.2, 0.25) is 0 Å². The number of amides is 2. The van der Waals surface area contributed by atoms with Crippen LogP contribution in [-0.2, 0) is 14.3 Å². The van der Waals surface area contributed by atoms with E-state index in [2.05, 4.69) is 5.32 Å². The molecular weight excluding hydrogens is 372 g/mol. The lowest BCUT2D eigenvalue weighted by Crippen LogP contribution is -2.40. The molecular formula is C22H26N2O5. The van der Waals surface area contributed by atoms with E-state index in [-0.39, 0.29) is 24.7 Å². The highest BCUT2D eigenvalue weighted by molar-refractivity contribution is 5.94. The lowest BCUT2D eigenvalue weighted by Gasteiger charge is -2.26. The molecule has 7 nitrogen and oxygen atoms in total. The molecule has 0 spiro atoms. The standard InChI is InChI=1S/C22H26N2O5/c1-27-18-6-3-16(4-7-18)19-15-17(5-8-20(19)28-2)23-21(25)9-10-22(26)24-11-13-29-14-12-24/h3-8,15H,9-14H2,1-2H3,(H,23,25). The van der Waals surface area contributed by atoms with Gasteiger partial charge in [0.1, 0.15) is 11.5 Å². The lowest BCUT2D eigenvalue weighted by molar-refractivity contribution is -0.136. The number of rotatable bonds is 7. The molecule has 1 aliphatic rings. The number of nitrogens with zero attached hydrogens (tertiary/aromatic N) is 1. The van der Waals surface area contributed by atoms with E-state index in [0.29, 0.717) is 37.7 Å². The van der Waals surface area contributed by atoms with Gasteiger partial charge in [-0.05, 0) is 35.9 Å². The maximum Gasteiger partial charge on any atom is 0.224 e. The first-order chi connectivity index (χ1) is 14.1. The number of hydrogen-bond acceptors (Lipinski definition) is 5. The smallest absolute Gasteiger partial charge is 0.224 e. The Morgan fingerprint density at radius 3 is 2.38 bits per heavy atom. The number of carbonyl (C=O) groups excluding carboxylic acids is 2. The fourth-order valence-electron chi connectivity index (χ4n) is 3.20. The summed E-state index contributed by atoms with van der Waals surface area (Å²) in [5.74, 6) is 1.26. The van der Waals surface area contributed by atoms with E-state index in [0.717, 1.165) is 16.9 Å². The fraction of sp³-hybridized carbons (Fsp3) is 0.364. The van der Waals surface area contributed by atoms with Gasteiger partial charge in [0.15, 0.2) is 0 Å². The molecule has 1 fully saturated rings. The van der Waals surface area contributed by atoms with Crippen LogP contribution in [0.1, 0.15) is 12.8 Å². The predicted molar refractivity (Wildman–Crippen MR) is 110 cm³/mol. The third kappa shape index (κ3) is 5.48. The van der Waals surface area contributed by atoms with Crippen molar-refractivity contribution in [1.82, 2.24) is 4.90 Å². The Morgan fingerprint density at radius 2 is 1.72 bits per heavy atom. The summed E-state index contributed by atoms with van der Waals surface area (Å²) in [4.78, 5) is 26.3. The van der Waals surface area contributed by atoms with Gasteiger partial charge in [-0.25, -0.2) is 0 Å². The topological polar surface area (TPSA) is 77.1 Å². The summed E-state index contributed by atoms with van der Waals surface area (Å²) in [5.41, 5.74) is 2.46. The predicted octanol–water partition coefficient (Wildman–Crippen LogP) is 2.95. The summed E-state index contributed by atoms with van der Waals surface area (Å²) in [7, 11) is 3.23. The summed E-state index contributed by atoms with van der Waals surface area (Å²) in [6.07, 6.45) is 0.327. The summed E-state index contributed by atoms with van der Waals surface area (Å²) >= 11 is 0. The number of hydrogen-bond donors (Lipinski definition) is 1. The first kappa shape index (κ1) is 20.7. The van der Waals surface area contributed by atoms with Crippen molar-refractivity contribution in [3.63, 3.8) is 0 Å². The minimum Gasteiger partial charge on any atom is -0.497 e. The zero-order chi connectivity index (χ0) is 20.6. The highest BCUT2D eigenvalue weighted by Gasteiger charge is 2.18. The van der Waals surface area contributed by atoms with Crippen molar-refractivity contribution >= 4 is 17.5 Å². The van der Waals surface area contributed by atoms with Gasteiger partial charge < -0.3 is 24.4 Å². The summed E-state index contributed by atoms with van der Waals surface area (Å²) in [6, 6.07) is 13.1. The maximum atomic E-state index is 12.3. The minimum absolute atomic E-state index is 0.0166. The molecule has 0 unspecified atom stereocenters. The summed E-state index contributed by atoms with van der Waals surface area (Å²) in [5, 5.41) is 2.87. The van der Waals surface area contributed by atoms with Gasteiger partial charge in [0.2, 0.25) is 11.8 Å². The Balaban J connectivity index is 1.64. The van der Waals surface area contributed by atoms with Gasteiger partial charge in [0.25, 0.3) is 0 Å². The van der Waals surface area contributed by atoms with E-state index in [1.807, 2.05) is 36.4 Å². The van der Waals surface area contributed by atoms with Crippen LogP contribution in [0.15, 0.2) is 42.5 Å². The molecule has 0 radical (unpaired) electrons. The second kappa shape index (κ2) is 9.93. The summed E-state index contributed by atoms with van der Waals surface area (Å²) < 4.78 is 15.9. The van der Waals surface area contributed by atoms with Crippen LogP contribution in [0.25, 0.3) is 11.1 Å². The number of nitrogens with one attached hydrogen (secondary N) is 1. The van der Waals surface area contributed by atoms with E-state index in [4.69, 9.17) is 14.2 Å². The second-order valence-corrected chi connectivity index (χ2v) is 6.68. The first-order valence-electron chi connectivity index (χ1n) is 9.58. The Labute approximate surface area is 170 Å². The molecule has 1 aliphatic heterocycles. The largest absolute Gasteiger partial charge is 0.497 e. The molecule has 0 atom stereocenters. The van der Waals surface area contributed by atoms with E-state index >= 15 is 0 Å². The molecule has 154 valence electrons. The molecule has 1 saturated heterocycles. The molecule has 2 aromatic carbocycles. The van der Waals surface area contributed by atoms with Crippen LogP contribution >= 0.6 is 0 Å². The molecule has 29 heavy (non-hydrogen) atoms. The molecule has 0 aliphatic carbocycles. The van der Waals surface area contributed by atoms with E-state index in [1.165, 1.54) is 0 Å². The van der Waals surface area contributed by atoms with Gasteiger partial charge in [-0.3, -0.25) is 9.59 Å². The highest BCUT2D eigenvalue weighted by atomic mass is 16.5. The van der Waals surface area contributed by atoms with Crippen LogP contribution in [0.3, 0.4) is 0 Å². The van der Waals surface area contributed by atoms with Gasteiger partial charge in [-0.1, -0.05) is 12.1 Å². The number of ether oxygens (including phenoxy) is 3. The van der Waals surface area contributed by atoms with Crippen molar-refractivity contribution in [2.24, 2.45) is 0 Å². The molecule has 1 heterocycles. The monoisotopic (exact) mass is 398 g/mol. The lowest BCUT2D eigenvalue weighted by atomic mass is 10.0. The molecule has 2 amide bonds. The van der Waals surface area contributed by atoms with E-state index in [9.17, 15) is 9.59 Å². The van der Waals surface area contributed by atoms with E-state index in [1.54, 1.807) is 25.2 Å². The Morgan fingerprint density at radius 1 is 1.00 bits per heavy atom. The van der Waals surface area contributed by atoms with Gasteiger partial charge in [0.05, 0.1) is 27.4 Å². The van der Waals surface area contributed by atoms with Crippen LogP contribution in [0.4, 0.5) is 5.69 Å². The Bertz CT molecular complexity index is 845. The number of carbonyl (C=O) groups is 2. The average molecular weight is 398 g/mol. The number of morpholine rings is 1. The first-order valence-corrected chi connectivity index (χ1v) is 9.58. The molecule has 0 bridgehead atoms.